The minimum Gasteiger partial charge on any atom is -0.389 e. The van der Waals surface area contributed by atoms with E-state index >= 15 is 0 Å². The second kappa shape index (κ2) is 6.17. The standard InChI is InChI=1S/C7H14F3NO2/c1-2-13-4-6(12)3-11-5-7(8,9)10/h6,11-12H,2-5H2,1H3. The van der Waals surface area contributed by atoms with Gasteiger partial charge < -0.3 is 15.2 Å². The molecule has 2 N–H and O–H groups in total. The van der Waals surface area contributed by atoms with Crippen molar-refractivity contribution in [3.8, 4) is 0 Å². The van der Waals surface area contributed by atoms with Crippen molar-refractivity contribution in [3.05, 3.63) is 0 Å². The highest BCUT2D eigenvalue weighted by molar-refractivity contribution is 4.61. The second-order valence-corrected chi connectivity index (χ2v) is 2.56. The molecule has 0 aromatic carbocycles. The van der Waals surface area contributed by atoms with Crippen molar-refractivity contribution in [1.29, 1.82) is 0 Å². The molecule has 0 bridgehead atoms. The van der Waals surface area contributed by atoms with Gasteiger partial charge in [0, 0.05) is 13.2 Å². The molecule has 1 atom stereocenters. The fourth-order valence-corrected chi connectivity index (χ4v) is 0.693. The fraction of sp³-hybridized carbons (Fsp3) is 1.00. The van der Waals surface area contributed by atoms with Gasteiger partial charge in [-0.15, -0.1) is 0 Å². The Hall–Kier alpha value is -0.330. The topological polar surface area (TPSA) is 41.5 Å². The third-order valence-corrected chi connectivity index (χ3v) is 1.22. The van der Waals surface area contributed by atoms with E-state index in [1.54, 1.807) is 6.92 Å². The maximum atomic E-state index is 11.6. The van der Waals surface area contributed by atoms with Crippen LogP contribution in [0, 0.1) is 0 Å². The maximum Gasteiger partial charge on any atom is 0.401 e. The van der Waals surface area contributed by atoms with E-state index < -0.39 is 18.8 Å². The molecule has 0 aromatic rings. The number of hydrogen-bond donors (Lipinski definition) is 2. The average Bonchev–Trinajstić information content (AvgIpc) is 1.98. The van der Waals surface area contributed by atoms with E-state index in [9.17, 15) is 13.2 Å². The molecular weight excluding hydrogens is 187 g/mol. The van der Waals surface area contributed by atoms with Crippen LogP contribution in [0.25, 0.3) is 0 Å². The van der Waals surface area contributed by atoms with Crippen molar-refractivity contribution in [2.75, 3.05) is 26.3 Å². The Morgan fingerprint density at radius 3 is 2.54 bits per heavy atom. The summed E-state index contributed by atoms with van der Waals surface area (Å²) in [5.41, 5.74) is 0. The molecule has 80 valence electrons. The van der Waals surface area contributed by atoms with Gasteiger partial charge >= 0.3 is 6.18 Å². The van der Waals surface area contributed by atoms with Crippen LogP contribution in [-0.2, 0) is 4.74 Å². The van der Waals surface area contributed by atoms with Gasteiger partial charge in [-0.3, -0.25) is 0 Å². The molecule has 0 heterocycles. The smallest absolute Gasteiger partial charge is 0.389 e. The zero-order chi connectivity index (χ0) is 10.3. The molecule has 3 nitrogen and oxygen atoms in total. The number of alkyl halides is 3. The van der Waals surface area contributed by atoms with Crippen LogP contribution in [0.15, 0.2) is 0 Å². The quantitative estimate of drug-likeness (QED) is 0.659. The van der Waals surface area contributed by atoms with Gasteiger partial charge in [0.25, 0.3) is 0 Å². The molecule has 0 aromatic heterocycles. The molecule has 13 heavy (non-hydrogen) atoms. The first-order valence-electron chi connectivity index (χ1n) is 3.99. The van der Waals surface area contributed by atoms with Crippen molar-refractivity contribution in [2.45, 2.75) is 19.2 Å². The summed E-state index contributed by atoms with van der Waals surface area (Å²) in [6, 6.07) is 0. The third-order valence-electron chi connectivity index (χ3n) is 1.22. The lowest BCUT2D eigenvalue weighted by molar-refractivity contribution is -0.125. The summed E-state index contributed by atoms with van der Waals surface area (Å²) in [7, 11) is 0. The minimum absolute atomic E-state index is 0.0569. The Labute approximate surface area is 74.9 Å². The van der Waals surface area contributed by atoms with E-state index in [0.29, 0.717) is 6.61 Å². The zero-order valence-electron chi connectivity index (χ0n) is 7.40. The van der Waals surface area contributed by atoms with Gasteiger partial charge in [-0.05, 0) is 6.92 Å². The average molecular weight is 201 g/mol. The summed E-state index contributed by atoms with van der Waals surface area (Å²) >= 11 is 0. The number of rotatable bonds is 6. The number of nitrogens with one attached hydrogen (secondary N) is 1. The molecule has 0 aliphatic rings. The summed E-state index contributed by atoms with van der Waals surface area (Å²) in [5.74, 6) is 0. The summed E-state index contributed by atoms with van der Waals surface area (Å²) in [4.78, 5) is 0. The lowest BCUT2D eigenvalue weighted by Gasteiger charge is -2.12. The van der Waals surface area contributed by atoms with Gasteiger partial charge in [-0.25, -0.2) is 0 Å². The Morgan fingerprint density at radius 1 is 1.46 bits per heavy atom. The van der Waals surface area contributed by atoms with Crippen molar-refractivity contribution in [3.63, 3.8) is 0 Å². The van der Waals surface area contributed by atoms with E-state index in [0.717, 1.165) is 0 Å². The van der Waals surface area contributed by atoms with Crippen LogP contribution in [0.3, 0.4) is 0 Å². The van der Waals surface area contributed by atoms with E-state index in [4.69, 9.17) is 9.84 Å². The fourth-order valence-electron chi connectivity index (χ4n) is 0.693. The second-order valence-electron chi connectivity index (χ2n) is 2.56. The summed E-state index contributed by atoms with van der Waals surface area (Å²) in [5, 5.41) is 11.1. The predicted octanol–water partition coefficient (Wildman–Crippen LogP) is 0.536. The van der Waals surface area contributed by atoms with Crippen molar-refractivity contribution < 1.29 is 23.0 Å². The largest absolute Gasteiger partial charge is 0.401 e. The highest BCUT2D eigenvalue weighted by Gasteiger charge is 2.26. The molecule has 1 unspecified atom stereocenters. The normalized spacial score (nSPS) is 14.5. The van der Waals surface area contributed by atoms with Crippen LogP contribution in [0.1, 0.15) is 6.92 Å². The van der Waals surface area contributed by atoms with E-state index in [1.807, 2.05) is 0 Å². The zero-order valence-corrected chi connectivity index (χ0v) is 7.40. The number of aliphatic hydroxyl groups excluding tert-OH is 1. The van der Waals surface area contributed by atoms with E-state index in [1.165, 1.54) is 0 Å². The number of hydrogen-bond acceptors (Lipinski definition) is 3. The van der Waals surface area contributed by atoms with Gasteiger partial charge in [0.15, 0.2) is 0 Å². The van der Waals surface area contributed by atoms with Crippen LogP contribution < -0.4 is 5.32 Å². The molecule has 0 aliphatic carbocycles. The SMILES string of the molecule is CCOCC(O)CNCC(F)(F)F. The highest BCUT2D eigenvalue weighted by atomic mass is 19.4. The van der Waals surface area contributed by atoms with Crippen LogP contribution in [0.2, 0.25) is 0 Å². The van der Waals surface area contributed by atoms with Crippen LogP contribution in [0.5, 0.6) is 0 Å². The van der Waals surface area contributed by atoms with Gasteiger partial charge in [0.05, 0.1) is 19.3 Å². The van der Waals surface area contributed by atoms with E-state index in [2.05, 4.69) is 5.32 Å². The monoisotopic (exact) mass is 201 g/mol. The van der Waals surface area contributed by atoms with Crippen LogP contribution in [0.4, 0.5) is 13.2 Å². The number of aliphatic hydroxyl groups is 1. The Kier molecular flexibility index (Phi) is 6.02. The first-order chi connectivity index (χ1) is 5.95. The first kappa shape index (κ1) is 12.7. The van der Waals surface area contributed by atoms with Crippen molar-refractivity contribution in [2.24, 2.45) is 0 Å². The molecule has 0 rings (SSSR count). The summed E-state index contributed by atoms with van der Waals surface area (Å²) in [6.45, 7) is 1.04. The molecule has 0 saturated carbocycles. The first-order valence-corrected chi connectivity index (χ1v) is 3.99. The minimum atomic E-state index is -4.23. The predicted molar refractivity (Wildman–Crippen MR) is 41.4 cm³/mol. The Balaban J connectivity index is 3.31. The molecular formula is C7H14F3NO2. The Bertz CT molecular complexity index is 129. The summed E-state index contributed by atoms with van der Waals surface area (Å²) in [6.07, 6.45) is -5.12. The van der Waals surface area contributed by atoms with Crippen LogP contribution in [-0.4, -0.2) is 43.7 Å². The molecule has 0 spiro atoms. The highest BCUT2D eigenvalue weighted by Crippen LogP contribution is 2.11. The molecule has 0 radical (unpaired) electrons. The molecule has 0 saturated heterocycles. The third kappa shape index (κ3) is 9.59. The lowest BCUT2D eigenvalue weighted by Crippen LogP contribution is -2.36. The maximum absolute atomic E-state index is 11.6. The number of halogens is 3. The van der Waals surface area contributed by atoms with Crippen molar-refractivity contribution >= 4 is 0 Å². The Morgan fingerprint density at radius 2 is 2.08 bits per heavy atom. The van der Waals surface area contributed by atoms with Gasteiger partial charge in [-0.1, -0.05) is 0 Å². The molecule has 0 amide bonds. The van der Waals surface area contributed by atoms with Gasteiger partial charge in [0.2, 0.25) is 0 Å². The van der Waals surface area contributed by atoms with Crippen molar-refractivity contribution in [1.82, 2.24) is 5.32 Å². The molecule has 0 fully saturated rings. The lowest BCUT2D eigenvalue weighted by atomic mass is 10.4. The molecule has 6 heteroatoms. The van der Waals surface area contributed by atoms with Gasteiger partial charge in [-0.2, -0.15) is 13.2 Å². The molecule has 0 aliphatic heterocycles. The van der Waals surface area contributed by atoms with Gasteiger partial charge in [0.1, 0.15) is 0 Å². The van der Waals surface area contributed by atoms with E-state index in [-0.39, 0.29) is 13.2 Å². The van der Waals surface area contributed by atoms with Crippen LogP contribution >= 0.6 is 0 Å². The summed E-state index contributed by atoms with van der Waals surface area (Å²) < 4.78 is 39.6. The number of ether oxygens (including phenoxy) is 1.